The summed E-state index contributed by atoms with van der Waals surface area (Å²) >= 11 is 12.0. The molecule has 2 aromatic rings. The molecule has 2 nitrogen and oxygen atoms in total. The summed E-state index contributed by atoms with van der Waals surface area (Å²) in [6, 6.07) is 9.84. The molecule has 0 radical (unpaired) electrons. The molecule has 21 heavy (non-hydrogen) atoms. The molecule has 0 spiro atoms. The maximum atomic E-state index is 13.9. The minimum absolute atomic E-state index is 0.0151. The van der Waals surface area contributed by atoms with E-state index in [0.29, 0.717) is 17.2 Å². The fraction of sp³-hybridized carbons (Fsp3) is 0.250. The highest BCUT2D eigenvalue weighted by molar-refractivity contribution is 6.31. The van der Waals surface area contributed by atoms with Crippen LogP contribution in [0.4, 0.5) is 4.39 Å². The Bertz CT molecular complexity index is 634. The lowest BCUT2D eigenvalue weighted by molar-refractivity contribution is 0.435. The SMILES string of the molecule is CCC(N)Cc1c(Cl)cccc1Oc1cccc(Cl)c1F. The lowest BCUT2D eigenvalue weighted by Crippen LogP contribution is -2.21. The van der Waals surface area contributed by atoms with Crippen LogP contribution in [-0.4, -0.2) is 6.04 Å². The molecule has 5 heteroatoms. The van der Waals surface area contributed by atoms with Crippen LogP contribution in [0.25, 0.3) is 0 Å². The van der Waals surface area contributed by atoms with Gasteiger partial charge in [0.25, 0.3) is 0 Å². The Morgan fingerprint density at radius 2 is 1.71 bits per heavy atom. The van der Waals surface area contributed by atoms with E-state index in [9.17, 15) is 4.39 Å². The average Bonchev–Trinajstić information content (AvgIpc) is 2.47. The number of benzene rings is 2. The van der Waals surface area contributed by atoms with Gasteiger partial charge in [-0.3, -0.25) is 0 Å². The van der Waals surface area contributed by atoms with E-state index in [1.54, 1.807) is 24.3 Å². The second kappa shape index (κ2) is 7.12. The fourth-order valence-electron chi connectivity index (χ4n) is 1.92. The molecule has 2 N–H and O–H groups in total. The summed E-state index contributed by atoms with van der Waals surface area (Å²) < 4.78 is 19.6. The van der Waals surface area contributed by atoms with E-state index in [2.05, 4.69) is 0 Å². The summed E-state index contributed by atoms with van der Waals surface area (Å²) in [7, 11) is 0. The van der Waals surface area contributed by atoms with Crippen LogP contribution in [0.1, 0.15) is 18.9 Å². The Balaban J connectivity index is 2.35. The van der Waals surface area contributed by atoms with Crippen molar-refractivity contribution in [2.45, 2.75) is 25.8 Å². The number of ether oxygens (including phenoxy) is 1. The van der Waals surface area contributed by atoms with Crippen LogP contribution in [0.3, 0.4) is 0 Å². The first-order valence-electron chi connectivity index (χ1n) is 6.67. The second-order valence-electron chi connectivity index (χ2n) is 4.74. The lowest BCUT2D eigenvalue weighted by atomic mass is 10.0. The summed E-state index contributed by atoms with van der Waals surface area (Å²) in [5.74, 6) is -0.0338. The maximum absolute atomic E-state index is 13.9. The molecular formula is C16H16Cl2FNO. The molecule has 0 saturated carbocycles. The van der Waals surface area contributed by atoms with Crippen molar-refractivity contribution in [2.75, 3.05) is 0 Å². The van der Waals surface area contributed by atoms with Crippen LogP contribution in [0, 0.1) is 5.82 Å². The highest BCUT2D eigenvalue weighted by Crippen LogP contribution is 2.34. The minimum atomic E-state index is -0.593. The molecule has 1 unspecified atom stereocenters. The number of hydrogen-bond acceptors (Lipinski definition) is 2. The van der Waals surface area contributed by atoms with Gasteiger partial charge in [-0.15, -0.1) is 0 Å². The number of hydrogen-bond donors (Lipinski definition) is 1. The zero-order valence-corrected chi connectivity index (χ0v) is 13.1. The Morgan fingerprint density at radius 1 is 1.10 bits per heavy atom. The Kier molecular flexibility index (Phi) is 5.45. The molecule has 0 aromatic heterocycles. The first-order valence-corrected chi connectivity index (χ1v) is 7.43. The van der Waals surface area contributed by atoms with Gasteiger partial charge < -0.3 is 10.5 Å². The van der Waals surface area contributed by atoms with E-state index in [0.717, 1.165) is 12.0 Å². The molecule has 0 aliphatic heterocycles. The van der Waals surface area contributed by atoms with Gasteiger partial charge in [0.05, 0.1) is 5.02 Å². The van der Waals surface area contributed by atoms with E-state index >= 15 is 0 Å². The van der Waals surface area contributed by atoms with Crippen molar-refractivity contribution in [1.29, 1.82) is 0 Å². The molecule has 0 fully saturated rings. The van der Waals surface area contributed by atoms with Crippen molar-refractivity contribution in [1.82, 2.24) is 0 Å². The Hall–Kier alpha value is -1.29. The Morgan fingerprint density at radius 3 is 2.38 bits per heavy atom. The largest absolute Gasteiger partial charge is 0.454 e. The van der Waals surface area contributed by atoms with Crippen LogP contribution >= 0.6 is 23.2 Å². The molecule has 0 heterocycles. The van der Waals surface area contributed by atoms with Gasteiger partial charge in [0.1, 0.15) is 5.75 Å². The summed E-state index contributed by atoms with van der Waals surface area (Å²) in [6.07, 6.45) is 1.38. The predicted octanol–water partition coefficient (Wildman–Crippen LogP) is 5.20. The van der Waals surface area contributed by atoms with Crippen LogP contribution in [0.5, 0.6) is 11.5 Å². The normalized spacial score (nSPS) is 12.2. The zero-order valence-electron chi connectivity index (χ0n) is 11.6. The van der Waals surface area contributed by atoms with Crippen molar-refractivity contribution in [3.63, 3.8) is 0 Å². The quantitative estimate of drug-likeness (QED) is 0.818. The van der Waals surface area contributed by atoms with E-state index < -0.39 is 5.82 Å². The summed E-state index contributed by atoms with van der Waals surface area (Å²) in [4.78, 5) is 0. The van der Waals surface area contributed by atoms with E-state index in [-0.39, 0.29) is 16.8 Å². The third-order valence-electron chi connectivity index (χ3n) is 3.20. The molecule has 2 rings (SSSR count). The lowest BCUT2D eigenvalue weighted by Gasteiger charge is -2.16. The third kappa shape index (κ3) is 3.88. The van der Waals surface area contributed by atoms with Crippen molar-refractivity contribution in [3.05, 3.63) is 57.8 Å². The first-order chi connectivity index (χ1) is 10.0. The number of rotatable bonds is 5. The molecule has 0 amide bonds. The smallest absolute Gasteiger partial charge is 0.184 e. The van der Waals surface area contributed by atoms with Gasteiger partial charge in [0.15, 0.2) is 11.6 Å². The van der Waals surface area contributed by atoms with Crippen molar-refractivity contribution >= 4 is 23.2 Å². The van der Waals surface area contributed by atoms with Crippen LogP contribution in [0.2, 0.25) is 10.0 Å². The molecule has 0 bridgehead atoms. The van der Waals surface area contributed by atoms with Gasteiger partial charge in [-0.2, -0.15) is 0 Å². The van der Waals surface area contributed by atoms with Crippen LogP contribution < -0.4 is 10.5 Å². The van der Waals surface area contributed by atoms with Crippen molar-refractivity contribution < 1.29 is 9.13 Å². The highest BCUT2D eigenvalue weighted by atomic mass is 35.5. The van der Waals surface area contributed by atoms with Crippen LogP contribution in [0.15, 0.2) is 36.4 Å². The third-order valence-corrected chi connectivity index (χ3v) is 3.85. The van der Waals surface area contributed by atoms with Crippen molar-refractivity contribution in [3.8, 4) is 11.5 Å². The second-order valence-corrected chi connectivity index (χ2v) is 5.56. The summed E-state index contributed by atoms with van der Waals surface area (Å²) in [6.45, 7) is 2.00. The van der Waals surface area contributed by atoms with Gasteiger partial charge in [-0.25, -0.2) is 4.39 Å². The first kappa shape index (κ1) is 16.1. The van der Waals surface area contributed by atoms with Gasteiger partial charge in [0, 0.05) is 16.6 Å². The minimum Gasteiger partial charge on any atom is -0.454 e. The predicted molar refractivity (Wildman–Crippen MR) is 84.9 cm³/mol. The monoisotopic (exact) mass is 327 g/mol. The Labute approximate surface area is 133 Å². The molecule has 0 saturated heterocycles. The summed E-state index contributed by atoms with van der Waals surface area (Å²) in [5.41, 5.74) is 6.75. The van der Waals surface area contributed by atoms with Gasteiger partial charge >= 0.3 is 0 Å². The highest BCUT2D eigenvalue weighted by Gasteiger charge is 2.15. The number of nitrogens with two attached hydrogens (primary N) is 1. The molecule has 112 valence electrons. The molecule has 0 aliphatic carbocycles. The fourth-order valence-corrected chi connectivity index (χ4v) is 2.33. The molecule has 2 aromatic carbocycles. The summed E-state index contributed by atoms with van der Waals surface area (Å²) in [5, 5.41) is 0.570. The molecule has 0 aliphatic rings. The average molecular weight is 328 g/mol. The van der Waals surface area contributed by atoms with E-state index in [1.165, 1.54) is 12.1 Å². The number of halogens is 3. The molecular weight excluding hydrogens is 312 g/mol. The maximum Gasteiger partial charge on any atom is 0.184 e. The van der Waals surface area contributed by atoms with Gasteiger partial charge in [-0.1, -0.05) is 42.3 Å². The van der Waals surface area contributed by atoms with Crippen molar-refractivity contribution in [2.24, 2.45) is 5.73 Å². The van der Waals surface area contributed by atoms with Gasteiger partial charge in [0.2, 0.25) is 0 Å². The molecule has 1 atom stereocenters. The topological polar surface area (TPSA) is 35.2 Å². The zero-order chi connectivity index (χ0) is 15.4. The van der Waals surface area contributed by atoms with E-state index in [4.69, 9.17) is 33.7 Å². The van der Waals surface area contributed by atoms with Crippen LogP contribution in [-0.2, 0) is 6.42 Å². The van der Waals surface area contributed by atoms with E-state index in [1.807, 2.05) is 6.92 Å². The van der Waals surface area contributed by atoms with Gasteiger partial charge in [-0.05, 0) is 37.1 Å². The standard InChI is InChI=1S/C16H16Cl2FNO/c1-2-10(20)9-11-12(17)5-3-7-14(11)21-15-8-4-6-13(18)16(15)19/h3-8,10H,2,9,20H2,1H3.